The number of nitrogens with zero attached hydrogens (tertiary/aromatic N) is 2. The number of carbonyl (C=O) groups excluding carboxylic acids is 1. The Labute approximate surface area is 152 Å². The van der Waals surface area contributed by atoms with Gasteiger partial charge in [0.05, 0.1) is 49.4 Å². The van der Waals surface area contributed by atoms with Gasteiger partial charge in [-0.2, -0.15) is 0 Å². The summed E-state index contributed by atoms with van der Waals surface area (Å²) in [6, 6.07) is 12.0. The lowest BCUT2D eigenvalue weighted by Crippen LogP contribution is -3.12. The summed E-state index contributed by atoms with van der Waals surface area (Å²) in [6.45, 7) is 5.51. The number of nitro benzene ring substituents is 1. The molecule has 0 radical (unpaired) electrons. The maximum absolute atomic E-state index is 12.9. The van der Waals surface area contributed by atoms with E-state index in [9.17, 15) is 14.9 Å². The summed E-state index contributed by atoms with van der Waals surface area (Å²) in [6.07, 6.45) is 0. The lowest BCUT2D eigenvalue weighted by Gasteiger charge is -2.32. The number of nitro groups is 1. The summed E-state index contributed by atoms with van der Waals surface area (Å²) in [7, 11) is 2.14. The smallest absolute Gasteiger partial charge is 0.270 e. The number of non-ortho nitro benzene ring substituents is 1. The largest absolute Gasteiger partial charge is 0.360 e. The number of quaternary nitrogens is 1. The summed E-state index contributed by atoms with van der Waals surface area (Å²) in [4.78, 5) is 27.1. The van der Waals surface area contributed by atoms with Gasteiger partial charge >= 0.3 is 0 Å². The lowest BCUT2D eigenvalue weighted by atomic mass is 10.1. The Kier molecular flexibility index (Phi) is 5.18. The normalized spacial score (nSPS) is 14.9. The first-order valence-electron chi connectivity index (χ1n) is 8.67. The maximum atomic E-state index is 12.9. The number of amides is 1. The van der Waals surface area contributed by atoms with Crippen LogP contribution in [0, 0.1) is 17.0 Å². The van der Waals surface area contributed by atoms with E-state index in [0.29, 0.717) is 11.3 Å². The van der Waals surface area contributed by atoms with E-state index in [1.165, 1.54) is 17.0 Å². The topological polar surface area (TPSA) is 79.9 Å². The van der Waals surface area contributed by atoms with E-state index in [-0.39, 0.29) is 11.6 Å². The zero-order valence-corrected chi connectivity index (χ0v) is 15.0. The number of anilines is 2. The van der Waals surface area contributed by atoms with Crippen LogP contribution in [0.15, 0.2) is 42.5 Å². The predicted octanol–water partition coefficient (Wildman–Crippen LogP) is 1.49. The van der Waals surface area contributed by atoms with Gasteiger partial charge in [0, 0.05) is 17.8 Å². The fourth-order valence-corrected chi connectivity index (χ4v) is 3.15. The molecule has 1 aliphatic rings. The SMILES string of the molecule is Cc1cccc(NC(=O)c2cc([N+](=O)[O-])ccc2N2CC[NH+](C)CC2)c1. The Bertz CT molecular complexity index is 829. The molecule has 7 heteroatoms. The van der Waals surface area contributed by atoms with Crippen molar-refractivity contribution in [1.82, 2.24) is 0 Å². The quantitative estimate of drug-likeness (QED) is 0.643. The molecule has 1 amide bonds. The molecule has 0 atom stereocenters. The zero-order chi connectivity index (χ0) is 18.7. The molecule has 1 aliphatic heterocycles. The molecule has 0 unspecified atom stereocenters. The number of likely N-dealkylation sites (N-methyl/N-ethyl adjacent to an activating group) is 1. The molecule has 1 heterocycles. The van der Waals surface area contributed by atoms with Gasteiger partial charge in [-0.15, -0.1) is 0 Å². The van der Waals surface area contributed by atoms with Gasteiger partial charge in [0.2, 0.25) is 0 Å². The van der Waals surface area contributed by atoms with Gasteiger partial charge in [0.15, 0.2) is 0 Å². The molecule has 7 nitrogen and oxygen atoms in total. The van der Waals surface area contributed by atoms with Crippen molar-refractivity contribution in [2.24, 2.45) is 0 Å². The molecule has 2 aromatic carbocycles. The molecule has 3 rings (SSSR count). The van der Waals surface area contributed by atoms with Gasteiger partial charge < -0.3 is 15.1 Å². The van der Waals surface area contributed by atoms with Gasteiger partial charge in [-0.05, 0) is 30.7 Å². The number of hydrogen-bond donors (Lipinski definition) is 2. The number of hydrogen-bond acceptors (Lipinski definition) is 4. The third-order valence-electron chi connectivity index (χ3n) is 4.67. The predicted molar refractivity (Wildman–Crippen MR) is 101 cm³/mol. The van der Waals surface area contributed by atoms with E-state index in [4.69, 9.17) is 0 Å². The van der Waals surface area contributed by atoms with Gasteiger partial charge in [-0.3, -0.25) is 14.9 Å². The van der Waals surface area contributed by atoms with Gasteiger partial charge in [0.1, 0.15) is 0 Å². The number of rotatable bonds is 4. The fourth-order valence-electron chi connectivity index (χ4n) is 3.15. The van der Waals surface area contributed by atoms with Crippen LogP contribution in [0.3, 0.4) is 0 Å². The molecule has 0 aromatic heterocycles. The van der Waals surface area contributed by atoms with Crippen molar-refractivity contribution in [3.8, 4) is 0 Å². The highest BCUT2D eigenvalue weighted by Crippen LogP contribution is 2.27. The standard InChI is InChI=1S/C19H22N4O3/c1-14-4-3-5-15(12-14)20-19(24)17-13-16(23(25)26)6-7-18(17)22-10-8-21(2)9-11-22/h3-7,12-13H,8-11H2,1-2H3,(H,20,24)/p+1. The van der Waals surface area contributed by atoms with Crippen molar-refractivity contribution >= 4 is 23.0 Å². The van der Waals surface area contributed by atoms with Gasteiger partial charge in [-0.25, -0.2) is 0 Å². The van der Waals surface area contributed by atoms with Gasteiger partial charge in [0.25, 0.3) is 11.6 Å². The lowest BCUT2D eigenvalue weighted by molar-refractivity contribution is -0.880. The highest BCUT2D eigenvalue weighted by Gasteiger charge is 2.24. The molecule has 0 aliphatic carbocycles. The molecule has 2 N–H and O–H groups in total. The molecule has 1 saturated heterocycles. The number of carbonyl (C=O) groups is 1. The van der Waals surface area contributed by atoms with E-state index >= 15 is 0 Å². The van der Waals surface area contributed by atoms with Crippen LogP contribution in [0.5, 0.6) is 0 Å². The van der Waals surface area contributed by atoms with E-state index in [1.807, 2.05) is 25.1 Å². The number of nitrogens with one attached hydrogen (secondary N) is 2. The van der Waals surface area contributed by atoms with E-state index in [0.717, 1.165) is 37.4 Å². The molecule has 1 fully saturated rings. The molecule has 26 heavy (non-hydrogen) atoms. The minimum atomic E-state index is -0.471. The second kappa shape index (κ2) is 7.53. The summed E-state index contributed by atoms with van der Waals surface area (Å²) >= 11 is 0. The van der Waals surface area contributed by atoms with Crippen molar-refractivity contribution in [1.29, 1.82) is 0 Å². The van der Waals surface area contributed by atoms with Crippen LogP contribution in [0.2, 0.25) is 0 Å². The van der Waals surface area contributed by atoms with E-state index in [1.54, 1.807) is 12.1 Å². The number of benzene rings is 2. The molecule has 0 saturated carbocycles. The second-order valence-electron chi connectivity index (χ2n) is 6.73. The summed E-state index contributed by atoms with van der Waals surface area (Å²) in [5.74, 6) is -0.333. The Morgan fingerprint density at radius 2 is 1.92 bits per heavy atom. The fraction of sp³-hybridized carbons (Fsp3) is 0.316. The average Bonchev–Trinajstić information content (AvgIpc) is 2.62. The highest BCUT2D eigenvalue weighted by molar-refractivity contribution is 6.08. The third-order valence-corrected chi connectivity index (χ3v) is 4.67. The minimum absolute atomic E-state index is 0.0807. The van der Waals surface area contributed by atoms with Crippen molar-refractivity contribution in [2.45, 2.75) is 6.92 Å². The van der Waals surface area contributed by atoms with Crippen LogP contribution in [0.1, 0.15) is 15.9 Å². The monoisotopic (exact) mass is 355 g/mol. The second-order valence-corrected chi connectivity index (χ2v) is 6.73. The average molecular weight is 355 g/mol. The van der Waals surface area contributed by atoms with Gasteiger partial charge in [-0.1, -0.05) is 12.1 Å². The third kappa shape index (κ3) is 4.00. The molecular formula is C19H23N4O3+. The highest BCUT2D eigenvalue weighted by atomic mass is 16.6. The number of aryl methyl sites for hydroxylation is 1. The Balaban J connectivity index is 1.92. The Morgan fingerprint density at radius 1 is 1.19 bits per heavy atom. The van der Waals surface area contributed by atoms with E-state index in [2.05, 4.69) is 17.3 Å². The molecule has 2 aromatic rings. The summed E-state index contributed by atoms with van der Waals surface area (Å²) in [5, 5.41) is 14.0. The van der Waals surface area contributed by atoms with Crippen molar-refractivity contribution in [2.75, 3.05) is 43.4 Å². The first-order chi connectivity index (χ1) is 12.4. The van der Waals surface area contributed by atoms with Crippen LogP contribution < -0.4 is 15.1 Å². The molecular weight excluding hydrogens is 332 g/mol. The van der Waals surface area contributed by atoms with Crippen LogP contribution >= 0.6 is 0 Å². The first kappa shape index (κ1) is 17.9. The van der Waals surface area contributed by atoms with E-state index < -0.39 is 4.92 Å². The zero-order valence-electron chi connectivity index (χ0n) is 15.0. The van der Waals surface area contributed by atoms with Crippen molar-refractivity contribution in [3.63, 3.8) is 0 Å². The molecule has 0 spiro atoms. The number of piperazine rings is 1. The van der Waals surface area contributed by atoms with Crippen LogP contribution in [-0.2, 0) is 0 Å². The minimum Gasteiger partial charge on any atom is -0.360 e. The van der Waals surface area contributed by atoms with Crippen LogP contribution in [0.4, 0.5) is 17.1 Å². The van der Waals surface area contributed by atoms with Crippen LogP contribution in [-0.4, -0.2) is 44.1 Å². The molecule has 136 valence electrons. The summed E-state index contributed by atoms with van der Waals surface area (Å²) in [5.41, 5.74) is 2.70. The van der Waals surface area contributed by atoms with Crippen LogP contribution in [0.25, 0.3) is 0 Å². The molecule has 0 bridgehead atoms. The van der Waals surface area contributed by atoms with Crippen molar-refractivity contribution in [3.05, 3.63) is 63.7 Å². The Hall–Kier alpha value is -2.93. The van der Waals surface area contributed by atoms with Crippen molar-refractivity contribution < 1.29 is 14.6 Å². The maximum Gasteiger partial charge on any atom is 0.270 e. The summed E-state index contributed by atoms with van der Waals surface area (Å²) < 4.78 is 0. The Morgan fingerprint density at radius 3 is 2.58 bits per heavy atom. The first-order valence-corrected chi connectivity index (χ1v) is 8.67.